The number of benzene rings is 2. The highest BCUT2D eigenvalue weighted by Crippen LogP contribution is 2.52. The summed E-state index contributed by atoms with van der Waals surface area (Å²) in [6.45, 7) is 0. The third-order valence-corrected chi connectivity index (χ3v) is 4.57. The molecule has 16 heavy (non-hydrogen) atoms. The van der Waals surface area contributed by atoms with Crippen molar-refractivity contribution in [3.05, 3.63) is 54.1 Å². The van der Waals surface area contributed by atoms with Crippen LogP contribution in [0.2, 0.25) is 0 Å². The van der Waals surface area contributed by atoms with Gasteiger partial charge in [-0.05, 0) is 23.8 Å². The maximum absolute atomic E-state index is 2.48. The Morgan fingerprint density at radius 2 is 1.69 bits per heavy atom. The molecule has 0 saturated heterocycles. The predicted molar refractivity (Wildman–Crippen MR) is 68.4 cm³/mol. The molecule has 0 amide bonds. The lowest BCUT2D eigenvalue weighted by Crippen LogP contribution is -2.18. The number of fused-ring (bicyclic) bond motifs is 5. The zero-order chi connectivity index (χ0) is 10.5. The maximum atomic E-state index is 2.48. The lowest BCUT2D eigenvalue weighted by molar-refractivity contribution is 0.945. The average Bonchev–Trinajstić information content (AvgIpc) is 2.83. The Morgan fingerprint density at radius 1 is 0.938 bits per heavy atom. The van der Waals surface area contributed by atoms with E-state index in [-0.39, 0.29) is 0 Å². The highest BCUT2D eigenvalue weighted by molar-refractivity contribution is 8.00. The molecular weight excluding hydrogens is 214 g/mol. The third kappa shape index (κ3) is 1.03. The maximum Gasteiger partial charge on any atom is 0.0887 e. The summed E-state index contributed by atoms with van der Waals surface area (Å²) in [6.07, 6.45) is 1.16. The van der Waals surface area contributed by atoms with Gasteiger partial charge in [0.2, 0.25) is 0 Å². The quantitative estimate of drug-likeness (QED) is 0.670. The van der Waals surface area contributed by atoms with E-state index in [1.54, 1.807) is 0 Å². The molecule has 2 aliphatic rings. The van der Waals surface area contributed by atoms with Crippen LogP contribution in [0.3, 0.4) is 0 Å². The molecule has 2 heteroatoms. The van der Waals surface area contributed by atoms with Gasteiger partial charge in [0.05, 0.1) is 11.1 Å². The molecule has 2 heterocycles. The van der Waals surface area contributed by atoms with Gasteiger partial charge in [0.1, 0.15) is 0 Å². The molecule has 2 aliphatic heterocycles. The van der Waals surface area contributed by atoms with Crippen molar-refractivity contribution in [3.8, 4) is 0 Å². The van der Waals surface area contributed by atoms with Crippen molar-refractivity contribution in [2.24, 2.45) is 0 Å². The number of hydrogen-bond donors (Lipinski definition) is 0. The lowest BCUT2D eigenvalue weighted by Gasteiger charge is -2.18. The van der Waals surface area contributed by atoms with Crippen molar-refractivity contribution in [1.29, 1.82) is 0 Å². The van der Waals surface area contributed by atoms with Crippen molar-refractivity contribution in [1.82, 2.24) is 0 Å². The third-order valence-electron chi connectivity index (χ3n) is 3.32. The molecule has 1 nitrogen and oxygen atoms in total. The normalized spacial score (nSPS) is 20.5. The van der Waals surface area contributed by atoms with Crippen LogP contribution in [0.15, 0.2) is 53.4 Å². The highest BCUT2D eigenvalue weighted by atomic mass is 32.2. The van der Waals surface area contributed by atoms with Crippen molar-refractivity contribution in [2.45, 2.75) is 16.7 Å². The predicted octanol–water partition coefficient (Wildman–Crippen LogP) is 3.81. The first-order valence-electron chi connectivity index (χ1n) is 5.56. The van der Waals surface area contributed by atoms with Gasteiger partial charge in [0.15, 0.2) is 0 Å². The van der Waals surface area contributed by atoms with E-state index in [9.17, 15) is 0 Å². The van der Waals surface area contributed by atoms with Gasteiger partial charge in [0.25, 0.3) is 0 Å². The van der Waals surface area contributed by atoms with Gasteiger partial charge in [-0.15, -0.1) is 0 Å². The van der Waals surface area contributed by atoms with Gasteiger partial charge < -0.3 is 4.90 Å². The van der Waals surface area contributed by atoms with Crippen LogP contribution in [0.4, 0.5) is 11.4 Å². The Hall–Kier alpha value is -1.41. The minimum atomic E-state index is 0.579. The molecule has 1 atom stereocenters. The van der Waals surface area contributed by atoms with Gasteiger partial charge in [-0.2, -0.15) is 0 Å². The van der Waals surface area contributed by atoms with Crippen molar-refractivity contribution >= 4 is 23.1 Å². The molecular formula is C14H11NS. The standard InChI is InChI=1S/C14H11NS/c1-2-6-11-10(5-1)9-14-15(11)12-7-3-4-8-13(12)16-14/h1-8,14H,9H2. The summed E-state index contributed by atoms with van der Waals surface area (Å²) in [5.41, 5.74) is 4.25. The molecule has 0 aliphatic carbocycles. The summed E-state index contributed by atoms with van der Waals surface area (Å²) in [5.74, 6) is 0. The number of nitrogens with zero attached hydrogens (tertiary/aromatic N) is 1. The molecule has 4 rings (SSSR count). The zero-order valence-corrected chi connectivity index (χ0v) is 9.58. The van der Waals surface area contributed by atoms with Crippen LogP contribution in [-0.4, -0.2) is 5.37 Å². The van der Waals surface area contributed by atoms with Crippen molar-refractivity contribution < 1.29 is 0 Å². The monoisotopic (exact) mass is 225 g/mol. The number of rotatable bonds is 0. The first kappa shape index (κ1) is 8.71. The smallest absolute Gasteiger partial charge is 0.0887 e. The summed E-state index contributed by atoms with van der Waals surface area (Å²) in [4.78, 5) is 3.90. The Balaban J connectivity index is 1.93. The number of hydrogen-bond acceptors (Lipinski definition) is 2. The van der Waals surface area contributed by atoms with Gasteiger partial charge >= 0.3 is 0 Å². The molecule has 2 aromatic carbocycles. The first-order valence-corrected chi connectivity index (χ1v) is 6.44. The fourth-order valence-electron chi connectivity index (χ4n) is 2.63. The number of thioether (sulfide) groups is 1. The van der Waals surface area contributed by atoms with Gasteiger partial charge in [0, 0.05) is 17.0 Å². The summed E-state index contributed by atoms with van der Waals surface area (Å²) >= 11 is 1.99. The molecule has 2 aromatic rings. The minimum absolute atomic E-state index is 0.579. The van der Waals surface area contributed by atoms with E-state index in [0.29, 0.717) is 5.37 Å². The number of para-hydroxylation sites is 2. The Bertz CT molecular complexity index is 515. The highest BCUT2D eigenvalue weighted by Gasteiger charge is 2.37. The van der Waals surface area contributed by atoms with Gasteiger partial charge in [-0.3, -0.25) is 0 Å². The van der Waals surface area contributed by atoms with Crippen LogP contribution < -0.4 is 4.90 Å². The van der Waals surface area contributed by atoms with Crippen LogP contribution in [0.5, 0.6) is 0 Å². The topological polar surface area (TPSA) is 3.24 Å². The first-order chi connectivity index (χ1) is 7.93. The average molecular weight is 225 g/mol. The second kappa shape index (κ2) is 3.05. The molecule has 0 bridgehead atoms. The summed E-state index contributed by atoms with van der Waals surface area (Å²) in [6, 6.07) is 17.5. The molecule has 0 fully saturated rings. The van der Waals surface area contributed by atoms with Gasteiger partial charge in [-0.25, -0.2) is 0 Å². The van der Waals surface area contributed by atoms with E-state index < -0.39 is 0 Å². The van der Waals surface area contributed by atoms with E-state index in [1.165, 1.54) is 21.8 Å². The minimum Gasteiger partial charge on any atom is -0.327 e. The van der Waals surface area contributed by atoms with Crippen molar-refractivity contribution in [3.63, 3.8) is 0 Å². The van der Waals surface area contributed by atoms with E-state index >= 15 is 0 Å². The SMILES string of the molecule is c1ccc2c(c1)CC1Sc3ccccc3N21. The summed E-state index contributed by atoms with van der Waals surface area (Å²) in [5, 5.41) is 0.579. The van der Waals surface area contributed by atoms with Gasteiger partial charge in [-0.1, -0.05) is 42.1 Å². The van der Waals surface area contributed by atoms with E-state index in [0.717, 1.165) is 6.42 Å². The lowest BCUT2D eigenvalue weighted by atomic mass is 10.2. The summed E-state index contributed by atoms with van der Waals surface area (Å²) in [7, 11) is 0. The molecule has 1 unspecified atom stereocenters. The Labute approximate surface area is 99.1 Å². The van der Waals surface area contributed by atoms with E-state index in [1.807, 2.05) is 11.8 Å². The Morgan fingerprint density at radius 3 is 2.62 bits per heavy atom. The molecule has 0 N–H and O–H groups in total. The molecule has 78 valence electrons. The molecule has 0 saturated carbocycles. The summed E-state index contributed by atoms with van der Waals surface area (Å²) < 4.78 is 0. The molecule has 0 spiro atoms. The van der Waals surface area contributed by atoms with Crippen LogP contribution in [0, 0.1) is 0 Å². The number of anilines is 2. The second-order valence-electron chi connectivity index (χ2n) is 4.24. The van der Waals surface area contributed by atoms with Crippen LogP contribution in [0.1, 0.15) is 5.56 Å². The Kier molecular flexibility index (Phi) is 1.66. The van der Waals surface area contributed by atoms with Crippen LogP contribution in [0.25, 0.3) is 0 Å². The van der Waals surface area contributed by atoms with E-state index in [4.69, 9.17) is 0 Å². The van der Waals surface area contributed by atoms with E-state index in [2.05, 4.69) is 53.4 Å². The largest absolute Gasteiger partial charge is 0.327 e. The zero-order valence-electron chi connectivity index (χ0n) is 8.76. The fraction of sp³-hybridized carbons (Fsp3) is 0.143. The fourth-order valence-corrected chi connectivity index (χ4v) is 3.97. The van der Waals surface area contributed by atoms with Crippen LogP contribution >= 0.6 is 11.8 Å². The van der Waals surface area contributed by atoms with Crippen LogP contribution in [-0.2, 0) is 6.42 Å². The molecule has 0 aromatic heterocycles. The second-order valence-corrected chi connectivity index (χ2v) is 5.46. The molecule has 0 radical (unpaired) electrons. The van der Waals surface area contributed by atoms with Crippen molar-refractivity contribution in [2.75, 3.05) is 4.90 Å².